The molecule has 1 aliphatic rings. The predicted octanol–water partition coefficient (Wildman–Crippen LogP) is 2.30. The van der Waals surface area contributed by atoms with Crippen molar-refractivity contribution in [2.24, 2.45) is 0 Å². The Hall–Kier alpha value is -1.58. The van der Waals surface area contributed by atoms with Crippen molar-refractivity contribution in [1.29, 1.82) is 0 Å². The lowest BCUT2D eigenvalue weighted by Gasteiger charge is -2.22. The van der Waals surface area contributed by atoms with E-state index in [2.05, 4.69) is 0 Å². The molecule has 1 aromatic carbocycles. The molecule has 1 fully saturated rings. The van der Waals surface area contributed by atoms with Crippen molar-refractivity contribution in [3.63, 3.8) is 0 Å². The molecule has 86 valence electrons. The Morgan fingerprint density at radius 2 is 2.00 bits per heavy atom. The van der Waals surface area contributed by atoms with E-state index in [1.54, 1.807) is 6.07 Å². The molecule has 0 saturated heterocycles. The van der Waals surface area contributed by atoms with E-state index in [4.69, 9.17) is 10.5 Å². The van der Waals surface area contributed by atoms with Crippen LogP contribution in [0.5, 0.6) is 5.75 Å². The predicted molar refractivity (Wildman–Crippen MR) is 58.7 cm³/mol. The fourth-order valence-corrected chi connectivity index (χ4v) is 1.82. The number of nitrogens with two attached hydrogens (primary N) is 1. The monoisotopic (exact) mass is 223 g/mol. The van der Waals surface area contributed by atoms with Gasteiger partial charge in [-0.2, -0.15) is 0 Å². The van der Waals surface area contributed by atoms with Crippen LogP contribution in [0.25, 0.3) is 0 Å². The van der Waals surface area contributed by atoms with Crippen LogP contribution in [-0.2, 0) is 4.79 Å². The molecule has 0 radical (unpaired) electrons. The van der Waals surface area contributed by atoms with Crippen LogP contribution < -0.4 is 10.5 Å². The molecule has 2 rings (SSSR count). The summed E-state index contributed by atoms with van der Waals surface area (Å²) in [6.45, 7) is 0. The average Bonchev–Trinajstić information content (AvgIpc) is 2.25. The number of ketones is 1. The molecule has 0 unspecified atom stereocenters. The topological polar surface area (TPSA) is 52.3 Å². The van der Waals surface area contributed by atoms with Crippen LogP contribution >= 0.6 is 0 Å². The second-order valence-corrected chi connectivity index (χ2v) is 4.05. The summed E-state index contributed by atoms with van der Waals surface area (Å²) < 4.78 is 18.9. The van der Waals surface area contributed by atoms with Gasteiger partial charge in [0.25, 0.3) is 0 Å². The minimum absolute atomic E-state index is 0.0594. The number of carbonyl (C=O) groups is 1. The molecular weight excluding hydrogens is 209 g/mol. The van der Waals surface area contributed by atoms with E-state index in [-0.39, 0.29) is 17.6 Å². The molecule has 0 heterocycles. The quantitative estimate of drug-likeness (QED) is 0.783. The largest absolute Gasteiger partial charge is 0.487 e. The molecule has 2 N–H and O–H groups in total. The maximum atomic E-state index is 13.4. The summed E-state index contributed by atoms with van der Waals surface area (Å²) in [5.41, 5.74) is 5.82. The Kier molecular flexibility index (Phi) is 3.08. The highest BCUT2D eigenvalue weighted by atomic mass is 19.1. The van der Waals surface area contributed by atoms with Gasteiger partial charge in [0, 0.05) is 24.6 Å². The van der Waals surface area contributed by atoms with Gasteiger partial charge in [-0.1, -0.05) is 0 Å². The van der Waals surface area contributed by atoms with Crippen molar-refractivity contribution in [3.8, 4) is 5.75 Å². The van der Waals surface area contributed by atoms with E-state index < -0.39 is 5.82 Å². The van der Waals surface area contributed by atoms with Crippen molar-refractivity contribution in [2.45, 2.75) is 31.8 Å². The van der Waals surface area contributed by atoms with Crippen LogP contribution in [0.3, 0.4) is 0 Å². The maximum absolute atomic E-state index is 13.4. The average molecular weight is 223 g/mol. The molecule has 1 aromatic rings. The van der Waals surface area contributed by atoms with Crippen LogP contribution in [0.4, 0.5) is 10.1 Å². The summed E-state index contributed by atoms with van der Waals surface area (Å²) >= 11 is 0. The molecule has 0 bridgehead atoms. The molecule has 0 spiro atoms. The Labute approximate surface area is 93.4 Å². The van der Waals surface area contributed by atoms with E-state index in [0.29, 0.717) is 31.4 Å². The number of nitrogen functional groups attached to an aromatic ring is 1. The van der Waals surface area contributed by atoms with Crippen LogP contribution in [0.1, 0.15) is 25.7 Å². The Morgan fingerprint density at radius 3 is 2.62 bits per heavy atom. The smallest absolute Gasteiger partial charge is 0.167 e. The van der Waals surface area contributed by atoms with Crippen LogP contribution in [0, 0.1) is 5.82 Å². The first-order valence-electron chi connectivity index (χ1n) is 5.38. The van der Waals surface area contributed by atoms with Crippen molar-refractivity contribution in [1.82, 2.24) is 0 Å². The van der Waals surface area contributed by atoms with Crippen molar-refractivity contribution < 1.29 is 13.9 Å². The lowest BCUT2D eigenvalue weighted by atomic mass is 9.96. The minimum atomic E-state index is -0.447. The molecular formula is C12H14FNO2. The Balaban J connectivity index is 2.01. The van der Waals surface area contributed by atoms with Crippen LogP contribution in [-0.4, -0.2) is 11.9 Å². The van der Waals surface area contributed by atoms with Crippen LogP contribution in [0.15, 0.2) is 18.2 Å². The second-order valence-electron chi connectivity index (χ2n) is 4.05. The first-order chi connectivity index (χ1) is 7.65. The molecule has 0 atom stereocenters. The van der Waals surface area contributed by atoms with Gasteiger partial charge in [-0.05, 0) is 25.0 Å². The molecule has 4 heteroatoms. The normalized spacial score (nSPS) is 17.4. The van der Waals surface area contributed by atoms with E-state index in [1.807, 2.05) is 0 Å². The molecule has 0 aliphatic heterocycles. The second kappa shape index (κ2) is 4.51. The van der Waals surface area contributed by atoms with Gasteiger partial charge in [0.1, 0.15) is 5.78 Å². The molecule has 1 aliphatic carbocycles. The van der Waals surface area contributed by atoms with Gasteiger partial charge in [-0.25, -0.2) is 4.39 Å². The highest BCUT2D eigenvalue weighted by Crippen LogP contribution is 2.25. The van der Waals surface area contributed by atoms with Gasteiger partial charge >= 0.3 is 0 Å². The first-order valence-corrected chi connectivity index (χ1v) is 5.38. The number of rotatable bonds is 2. The zero-order valence-electron chi connectivity index (χ0n) is 8.91. The summed E-state index contributed by atoms with van der Waals surface area (Å²) in [4.78, 5) is 11.0. The zero-order chi connectivity index (χ0) is 11.5. The third-order valence-electron chi connectivity index (χ3n) is 2.74. The lowest BCUT2D eigenvalue weighted by Crippen LogP contribution is -2.24. The number of anilines is 1. The number of carbonyl (C=O) groups excluding carboxylic acids is 1. The number of Topliss-reactive ketones (excluding diaryl/α,β-unsaturated/α-hetero) is 1. The molecule has 0 aromatic heterocycles. The fraction of sp³-hybridized carbons (Fsp3) is 0.417. The highest BCUT2D eigenvalue weighted by Gasteiger charge is 2.20. The standard InChI is InChI=1S/C12H14FNO2/c13-11-7-8(14)1-6-12(11)16-10-4-2-9(15)3-5-10/h1,6-7,10H,2-5,14H2. The zero-order valence-corrected chi connectivity index (χ0v) is 8.91. The van der Waals surface area contributed by atoms with Gasteiger partial charge in [-0.3, -0.25) is 4.79 Å². The molecule has 0 amide bonds. The van der Waals surface area contributed by atoms with E-state index in [0.717, 1.165) is 0 Å². The molecule has 3 nitrogen and oxygen atoms in total. The van der Waals surface area contributed by atoms with Gasteiger partial charge in [0.05, 0.1) is 6.10 Å². The number of ether oxygens (including phenoxy) is 1. The fourth-order valence-electron chi connectivity index (χ4n) is 1.82. The summed E-state index contributed by atoms with van der Waals surface area (Å²) in [5, 5.41) is 0. The van der Waals surface area contributed by atoms with Gasteiger partial charge in [-0.15, -0.1) is 0 Å². The van der Waals surface area contributed by atoms with Gasteiger partial charge in [0.15, 0.2) is 11.6 Å². The maximum Gasteiger partial charge on any atom is 0.167 e. The first kappa shape index (κ1) is 10.9. The number of hydrogen-bond acceptors (Lipinski definition) is 3. The number of hydrogen-bond donors (Lipinski definition) is 1. The summed E-state index contributed by atoms with van der Waals surface area (Å²) in [6, 6.07) is 4.37. The van der Waals surface area contributed by atoms with Gasteiger partial charge in [0.2, 0.25) is 0 Å². The highest BCUT2D eigenvalue weighted by molar-refractivity contribution is 5.79. The Bertz CT molecular complexity index is 396. The van der Waals surface area contributed by atoms with E-state index >= 15 is 0 Å². The number of benzene rings is 1. The van der Waals surface area contributed by atoms with Crippen molar-refractivity contribution >= 4 is 11.5 Å². The summed E-state index contributed by atoms with van der Waals surface area (Å²) in [7, 11) is 0. The SMILES string of the molecule is Nc1ccc(OC2CCC(=O)CC2)c(F)c1. The summed E-state index contributed by atoms with van der Waals surface area (Å²) in [5.74, 6) is 0.0306. The summed E-state index contributed by atoms with van der Waals surface area (Å²) in [6.07, 6.45) is 2.34. The van der Waals surface area contributed by atoms with E-state index in [9.17, 15) is 9.18 Å². The molecule has 1 saturated carbocycles. The van der Waals surface area contributed by atoms with Crippen LogP contribution in [0.2, 0.25) is 0 Å². The Morgan fingerprint density at radius 1 is 1.31 bits per heavy atom. The minimum Gasteiger partial charge on any atom is -0.487 e. The van der Waals surface area contributed by atoms with E-state index in [1.165, 1.54) is 12.1 Å². The number of halogens is 1. The third-order valence-corrected chi connectivity index (χ3v) is 2.74. The lowest BCUT2D eigenvalue weighted by molar-refractivity contribution is -0.121. The van der Waals surface area contributed by atoms with Crippen molar-refractivity contribution in [2.75, 3.05) is 5.73 Å². The molecule has 16 heavy (non-hydrogen) atoms. The van der Waals surface area contributed by atoms with Crippen molar-refractivity contribution in [3.05, 3.63) is 24.0 Å². The third kappa shape index (κ3) is 2.51. The van der Waals surface area contributed by atoms with Gasteiger partial charge < -0.3 is 10.5 Å².